The SMILES string of the molecule is CN=C(NC1CCCC1C#N)NC1C2CCOC2C12CCC2. The Labute approximate surface area is 132 Å². The van der Waals surface area contributed by atoms with Crippen LogP contribution in [0.2, 0.25) is 0 Å². The molecule has 120 valence electrons. The fraction of sp³-hybridized carbons (Fsp3) is 0.882. The van der Waals surface area contributed by atoms with E-state index >= 15 is 0 Å². The van der Waals surface area contributed by atoms with Crippen molar-refractivity contribution in [2.45, 2.75) is 63.1 Å². The Kier molecular flexibility index (Phi) is 3.53. The molecule has 1 saturated heterocycles. The van der Waals surface area contributed by atoms with E-state index in [1.54, 1.807) is 0 Å². The molecule has 0 aromatic rings. The molecule has 5 nitrogen and oxygen atoms in total. The molecule has 0 bridgehead atoms. The van der Waals surface area contributed by atoms with E-state index in [-0.39, 0.29) is 12.0 Å². The van der Waals surface area contributed by atoms with Gasteiger partial charge in [0.25, 0.3) is 0 Å². The predicted molar refractivity (Wildman–Crippen MR) is 84.3 cm³/mol. The quantitative estimate of drug-likeness (QED) is 0.603. The van der Waals surface area contributed by atoms with Gasteiger partial charge in [0.2, 0.25) is 0 Å². The van der Waals surface area contributed by atoms with Gasteiger partial charge in [-0.25, -0.2) is 0 Å². The van der Waals surface area contributed by atoms with Crippen LogP contribution in [0.15, 0.2) is 4.99 Å². The second kappa shape index (κ2) is 5.42. The van der Waals surface area contributed by atoms with E-state index in [0.29, 0.717) is 23.5 Å². The van der Waals surface area contributed by atoms with Crippen molar-refractivity contribution < 1.29 is 4.74 Å². The number of aliphatic imine (C=N–C) groups is 1. The minimum Gasteiger partial charge on any atom is -0.377 e. The number of hydrogen-bond donors (Lipinski definition) is 2. The van der Waals surface area contributed by atoms with Gasteiger partial charge in [0.15, 0.2) is 5.96 Å². The summed E-state index contributed by atoms with van der Waals surface area (Å²) in [6.07, 6.45) is 8.77. The van der Waals surface area contributed by atoms with Crippen LogP contribution in [0.3, 0.4) is 0 Å². The van der Waals surface area contributed by atoms with Crippen LogP contribution in [0, 0.1) is 28.6 Å². The van der Waals surface area contributed by atoms with Gasteiger partial charge < -0.3 is 15.4 Å². The lowest BCUT2D eigenvalue weighted by Gasteiger charge is -2.63. The Bertz CT molecular complexity index is 507. The third-order valence-corrected chi connectivity index (χ3v) is 6.56. The Balaban J connectivity index is 1.42. The molecule has 3 aliphatic carbocycles. The second-order valence-electron chi connectivity index (χ2n) is 7.44. The van der Waals surface area contributed by atoms with Crippen molar-refractivity contribution >= 4 is 5.96 Å². The van der Waals surface area contributed by atoms with Gasteiger partial charge in [-0.1, -0.05) is 6.42 Å². The zero-order valence-electron chi connectivity index (χ0n) is 13.3. The number of guanidine groups is 1. The lowest BCUT2D eigenvalue weighted by molar-refractivity contribution is -0.171. The van der Waals surface area contributed by atoms with E-state index in [4.69, 9.17) is 4.74 Å². The monoisotopic (exact) mass is 302 g/mol. The van der Waals surface area contributed by atoms with E-state index < -0.39 is 0 Å². The van der Waals surface area contributed by atoms with Crippen LogP contribution < -0.4 is 10.6 Å². The second-order valence-corrected chi connectivity index (χ2v) is 7.44. The van der Waals surface area contributed by atoms with Gasteiger partial charge in [-0.15, -0.1) is 0 Å². The highest BCUT2D eigenvalue weighted by Gasteiger charge is 2.66. The Hall–Kier alpha value is -1.28. The number of rotatable bonds is 2. The van der Waals surface area contributed by atoms with Crippen molar-refractivity contribution in [2.75, 3.05) is 13.7 Å². The summed E-state index contributed by atoms with van der Waals surface area (Å²) >= 11 is 0. The average molecular weight is 302 g/mol. The zero-order valence-corrected chi connectivity index (χ0v) is 13.3. The third-order valence-electron chi connectivity index (χ3n) is 6.56. The standard InChI is InChI=1S/C17H26N4O/c1-19-16(20-13-5-2-4-11(13)10-18)21-14-12-6-9-22-15(12)17(14)7-3-8-17/h11-15H,2-9H2,1H3,(H2,19,20,21). The fourth-order valence-electron chi connectivity index (χ4n) is 5.24. The molecule has 0 amide bonds. The van der Waals surface area contributed by atoms with Crippen molar-refractivity contribution in [3.05, 3.63) is 0 Å². The summed E-state index contributed by atoms with van der Waals surface area (Å²) in [6, 6.07) is 3.19. The van der Waals surface area contributed by atoms with Crippen molar-refractivity contribution in [3.8, 4) is 6.07 Å². The molecular formula is C17H26N4O. The average Bonchev–Trinajstić information content (AvgIpc) is 3.09. The number of nitriles is 1. The number of ether oxygens (including phenoxy) is 1. The van der Waals surface area contributed by atoms with Gasteiger partial charge in [0.05, 0.1) is 18.1 Å². The van der Waals surface area contributed by atoms with Gasteiger partial charge in [-0.05, 0) is 38.5 Å². The molecule has 2 N–H and O–H groups in total. The molecule has 5 heteroatoms. The van der Waals surface area contributed by atoms with Crippen molar-refractivity contribution in [2.24, 2.45) is 22.2 Å². The number of hydrogen-bond acceptors (Lipinski definition) is 3. The summed E-state index contributed by atoms with van der Waals surface area (Å²) in [5.41, 5.74) is 0.364. The molecule has 1 spiro atoms. The van der Waals surface area contributed by atoms with E-state index in [9.17, 15) is 5.26 Å². The molecule has 5 unspecified atom stereocenters. The van der Waals surface area contributed by atoms with Gasteiger partial charge in [-0.2, -0.15) is 5.26 Å². The van der Waals surface area contributed by atoms with Crippen molar-refractivity contribution in [1.29, 1.82) is 5.26 Å². The molecule has 0 aromatic carbocycles. The smallest absolute Gasteiger partial charge is 0.191 e. The maximum Gasteiger partial charge on any atom is 0.191 e. The lowest BCUT2D eigenvalue weighted by Crippen LogP contribution is -2.72. The van der Waals surface area contributed by atoms with E-state index in [0.717, 1.165) is 31.8 Å². The summed E-state index contributed by atoms with van der Waals surface area (Å²) in [7, 11) is 1.83. The van der Waals surface area contributed by atoms with Crippen LogP contribution in [-0.2, 0) is 4.74 Å². The molecule has 1 heterocycles. The van der Waals surface area contributed by atoms with Gasteiger partial charge >= 0.3 is 0 Å². The molecule has 0 aromatic heterocycles. The van der Waals surface area contributed by atoms with E-state index in [1.807, 2.05) is 7.05 Å². The molecule has 1 aliphatic heterocycles. The van der Waals surface area contributed by atoms with Gasteiger partial charge in [0, 0.05) is 37.1 Å². The summed E-state index contributed by atoms with van der Waals surface area (Å²) in [6.45, 7) is 0.917. The Morgan fingerprint density at radius 1 is 1.23 bits per heavy atom. The van der Waals surface area contributed by atoms with Gasteiger partial charge in [0.1, 0.15) is 0 Å². The largest absolute Gasteiger partial charge is 0.377 e. The first-order valence-electron chi connectivity index (χ1n) is 8.79. The van der Waals surface area contributed by atoms with Crippen LogP contribution in [0.1, 0.15) is 44.9 Å². The zero-order chi connectivity index (χ0) is 15.2. The molecule has 4 aliphatic rings. The summed E-state index contributed by atoms with van der Waals surface area (Å²) in [4.78, 5) is 4.42. The van der Waals surface area contributed by atoms with Crippen molar-refractivity contribution in [1.82, 2.24) is 10.6 Å². The van der Waals surface area contributed by atoms with E-state index in [1.165, 1.54) is 25.7 Å². The highest BCUT2D eigenvalue weighted by atomic mass is 16.5. The molecular weight excluding hydrogens is 276 g/mol. The summed E-state index contributed by atoms with van der Waals surface area (Å²) < 4.78 is 5.98. The Morgan fingerprint density at radius 3 is 2.77 bits per heavy atom. The lowest BCUT2D eigenvalue weighted by atomic mass is 9.46. The normalized spacial score (nSPS) is 42.2. The minimum atomic E-state index is 0.125. The first-order valence-corrected chi connectivity index (χ1v) is 8.79. The van der Waals surface area contributed by atoms with Crippen LogP contribution >= 0.6 is 0 Å². The molecule has 3 saturated carbocycles. The van der Waals surface area contributed by atoms with Crippen LogP contribution in [0.5, 0.6) is 0 Å². The molecule has 22 heavy (non-hydrogen) atoms. The summed E-state index contributed by atoms with van der Waals surface area (Å²) in [5.74, 6) is 1.66. The number of nitrogens with one attached hydrogen (secondary N) is 2. The third kappa shape index (κ3) is 1.96. The minimum absolute atomic E-state index is 0.125. The maximum absolute atomic E-state index is 9.25. The van der Waals surface area contributed by atoms with Crippen LogP contribution in [-0.4, -0.2) is 37.8 Å². The number of fused-ring (bicyclic) bond motifs is 2. The van der Waals surface area contributed by atoms with E-state index in [2.05, 4.69) is 21.7 Å². The Morgan fingerprint density at radius 2 is 2.09 bits per heavy atom. The fourth-order valence-corrected chi connectivity index (χ4v) is 5.24. The highest BCUT2D eigenvalue weighted by Crippen LogP contribution is 2.62. The van der Waals surface area contributed by atoms with Gasteiger partial charge in [-0.3, -0.25) is 4.99 Å². The maximum atomic E-state index is 9.25. The highest BCUT2D eigenvalue weighted by molar-refractivity contribution is 5.80. The van der Waals surface area contributed by atoms with Crippen LogP contribution in [0.25, 0.3) is 0 Å². The number of nitrogens with zero attached hydrogens (tertiary/aromatic N) is 2. The molecule has 5 atom stereocenters. The summed E-state index contributed by atoms with van der Waals surface area (Å²) in [5, 5.41) is 16.4. The first kappa shape index (κ1) is 14.3. The molecule has 4 rings (SSSR count). The topological polar surface area (TPSA) is 69.4 Å². The van der Waals surface area contributed by atoms with Crippen molar-refractivity contribution in [3.63, 3.8) is 0 Å². The first-order chi connectivity index (χ1) is 10.8. The predicted octanol–water partition coefficient (Wildman–Crippen LogP) is 1.80. The van der Waals surface area contributed by atoms with Crippen LogP contribution in [0.4, 0.5) is 0 Å². The molecule has 4 fully saturated rings. The molecule has 0 radical (unpaired) electrons.